The van der Waals surface area contributed by atoms with Gasteiger partial charge in [0, 0.05) is 4.88 Å². The highest BCUT2D eigenvalue weighted by molar-refractivity contribution is 7.10. The lowest BCUT2D eigenvalue weighted by Crippen LogP contribution is -1.80. The van der Waals surface area contributed by atoms with E-state index in [0.29, 0.717) is 0 Å². The number of hydrogen-bond acceptors (Lipinski definition) is 1. The maximum Gasteiger partial charge on any atom is 0.0270 e. The predicted molar refractivity (Wildman–Crippen MR) is 94.7 cm³/mol. The van der Waals surface area contributed by atoms with Crippen LogP contribution in [0.3, 0.4) is 0 Å². The Morgan fingerprint density at radius 1 is 0.667 bits per heavy atom. The van der Waals surface area contributed by atoms with E-state index < -0.39 is 0 Å². The second kappa shape index (κ2) is 5.19. The molecule has 0 aliphatic heterocycles. The fourth-order valence-corrected chi connectivity index (χ4v) is 3.31. The Morgan fingerprint density at radius 2 is 1.48 bits per heavy atom. The summed E-state index contributed by atoms with van der Waals surface area (Å²) in [6.07, 6.45) is 4.40. The van der Waals surface area contributed by atoms with Crippen molar-refractivity contribution in [1.82, 2.24) is 0 Å². The molecule has 0 N–H and O–H groups in total. The lowest BCUT2D eigenvalue weighted by molar-refractivity contribution is 1.73. The van der Waals surface area contributed by atoms with Gasteiger partial charge < -0.3 is 0 Å². The summed E-state index contributed by atoms with van der Waals surface area (Å²) < 4.78 is 0. The molecule has 0 amide bonds. The summed E-state index contributed by atoms with van der Waals surface area (Å²) in [6.45, 7) is 0. The number of hydrogen-bond donors (Lipinski definition) is 0. The van der Waals surface area contributed by atoms with Gasteiger partial charge in [-0.2, -0.15) is 0 Å². The second-order valence-electron chi connectivity index (χ2n) is 5.12. The maximum absolute atomic E-state index is 2.29. The van der Waals surface area contributed by atoms with Gasteiger partial charge in [-0.05, 0) is 56.8 Å². The number of benzene rings is 3. The molecule has 0 atom stereocenters. The van der Waals surface area contributed by atoms with Crippen LogP contribution in [0, 0.1) is 0 Å². The molecule has 0 aliphatic rings. The Hall–Kier alpha value is -2.38. The normalized spacial score (nSPS) is 11.6. The molecule has 4 aromatic rings. The minimum absolute atomic E-state index is 1.27. The van der Waals surface area contributed by atoms with E-state index in [1.807, 2.05) is 0 Å². The molecule has 0 radical (unpaired) electrons. The smallest absolute Gasteiger partial charge is 0.0270 e. The summed E-state index contributed by atoms with van der Waals surface area (Å²) in [7, 11) is 0. The molecule has 0 saturated heterocycles. The Morgan fingerprint density at radius 3 is 2.29 bits per heavy atom. The Kier molecular flexibility index (Phi) is 3.06. The van der Waals surface area contributed by atoms with Crippen LogP contribution in [0.4, 0.5) is 0 Å². The molecule has 100 valence electrons. The lowest BCUT2D eigenvalue weighted by Gasteiger charge is -2.05. The third kappa shape index (κ3) is 2.37. The van der Waals surface area contributed by atoms with Crippen LogP contribution in [-0.2, 0) is 0 Å². The van der Waals surface area contributed by atoms with Gasteiger partial charge in [0.25, 0.3) is 0 Å². The quantitative estimate of drug-likeness (QED) is 0.383. The summed E-state index contributed by atoms with van der Waals surface area (Å²) in [5, 5.41) is 7.30. The Balaban J connectivity index is 1.90. The van der Waals surface area contributed by atoms with Gasteiger partial charge in [0.05, 0.1) is 0 Å². The van der Waals surface area contributed by atoms with Crippen molar-refractivity contribution in [2.24, 2.45) is 0 Å². The zero-order chi connectivity index (χ0) is 14.1. The van der Waals surface area contributed by atoms with E-state index in [1.165, 1.54) is 32.0 Å². The van der Waals surface area contributed by atoms with Crippen LogP contribution in [0.2, 0.25) is 0 Å². The summed E-state index contributed by atoms with van der Waals surface area (Å²) in [5.74, 6) is 0. The highest BCUT2D eigenvalue weighted by Gasteiger charge is 2.01. The van der Waals surface area contributed by atoms with E-state index in [4.69, 9.17) is 0 Å². The average Bonchev–Trinajstić information content (AvgIpc) is 3.04. The first-order chi connectivity index (χ1) is 10.4. The monoisotopic (exact) mass is 286 g/mol. The molecule has 21 heavy (non-hydrogen) atoms. The van der Waals surface area contributed by atoms with Gasteiger partial charge in [0.2, 0.25) is 0 Å². The van der Waals surface area contributed by atoms with Gasteiger partial charge in [-0.1, -0.05) is 54.6 Å². The van der Waals surface area contributed by atoms with Crippen molar-refractivity contribution in [2.75, 3.05) is 0 Å². The van der Waals surface area contributed by atoms with Crippen molar-refractivity contribution in [3.63, 3.8) is 0 Å². The largest absolute Gasteiger partial charge is 0.144 e. The molecule has 4 rings (SSSR count). The molecule has 1 heterocycles. The van der Waals surface area contributed by atoms with Crippen LogP contribution in [0.15, 0.2) is 72.1 Å². The highest BCUT2D eigenvalue weighted by atomic mass is 32.1. The first-order valence-corrected chi connectivity index (χ1v) is 7.91. The van der Waals surface area contributed by atoms with Crippen LogP contribution in [0.1, 0.15) is 10.4 Å². The molecule has 0 saturated carbocycles. The van der Waals surface area contributed by atoms with E-state index in [0.717, 1.165) is 0 Å². The summed E-state index contributed by atoms with van der Waals surface area (Å²) >= 11 is 1.76. The van der Waals surface area contributed by atoms with E-state index in [9.17, 15) is 0 Å². The summed E-state index contributed by atoms with van der Waals surface area (Å²) in [5.41, 5.74) is 1.27. The molecular formula is C20H14S. The van der Waals surface area contributed by atoms with Crippen LogP contribution < -0.4 is 0 Å². The van der Waals surface area contributed by atoms with Crippen LogP contribution >= 0.6 is 11.3 Å². The maximum atomic E-state index is 2.29. The van der Waals surface area contributed by atoms with Gasteiger partial charge in [0.1, 0.15) is 0 Å². The van der Waals surface area contributed by atoms with E-state index in [2.05, 4.69) is 84.3 Å². The molecule has 0 fully saturated rings. The molecule has 0 nitrogen and oxygen atoms in total. The van der Waals surface area contributed by atoms with Crippen LogP contribution in [0.5, 0.6) is 0 Å². The predicted octanol–water partition coefficient (Wildman–Crippen LogP) is 6.22. The fourth-order valence-electron chi connectivity index (χ4n) is 2.69. The van der Waals surface area contributed by atoms with Gasteiger partial charge in [0.15, 0.2) is 0 Å². The van der Waals surface area contributed by atoms with Gasteiger partial charge in [-0.15, -0.1) is 11.3 Å². The molecule has 0 unspecified atom stereocenters. The molecule has 3 aromatic carbocycles. The van der Waals surface area contributed by atoms with E-state index in [1.54, 1.807) is 11.3 Å². The minimum Gasteiger partial charge on any atom is -0.144 e. The second-order valence-corrected chi connectivity index (χ2v) is 6.10. The number of rotatable bonds is 2. The molecule has 0 aliphatic carbocycles. The van der Waals surface area contributed by atoms with E-state index >= 15 is 0 Å². The molecular weight excluding hydrogens is 272 g/mol. The summed E-state index contributed by atoms with van der Waals surface area (Å²) in [4.78, 5) is 1.28. The third-order valence-electron chi connectivity index (χ3n) is 3.75. The molecule has 0 spiro atoms. The average molecular weight is 286 g/mol. The van der Waals surface area contributed by atoms with Crippen molar-refractivity contribution in [1.29, 1.82) is 0 Å². The van der Waals surface area contributed by atoms with Crippen LogP contribution in [-0.4, -0.2) is 0 Å². The van der Waals surface area contributed by atoms with Crippen molar-refractivity contribution >= 4 is 45.0 Å². The minimum atomic E-state index is 1.27. The zero-order valence-electron chi connectivity index (χ0n) is 11.5. The fraction of sp³-hybridized carbons (Fsp3) is 0. The zero-order valence-corrected chi connectivity index (χ0v) is 12.3. The standard InChI is InChI=1S/C20H14S/c1-2-6-17-14-20-15(10-11-19-9-4-12-21-19)7-3-8-18(20)13-16(17)5-1/h1-14H/b11-10+. The molecule has 0 bridgehead atoms. The van der Waals surface area contributed by atoms with Crippen molar-refractivity contribution < 1.29 is 0 Å². The van der Waals surface area contributed by atoms with Crippen molar-refractivity contribution in [3.8, 4) is 0 Å². The topological polar surface area (TPSA) is 0 Å². The Bertz CT molecular complexity index is 931. The van der Waals surface area contributed by atoms with Gasteiger partial charge in [-0.25, -0.2) is 0 Å². The van der Waals surface area contributed by atoms with Gasteiger partial charge >= 0.3 is 0 Å². The SMILES string of the molecule is C(=C\c1cccc2cc3ccccc3cc12)/c1cccs1. The molecule has 1 aromatic heterocycles. The summed E-state index contributed by atoms with van der Waals surface area (Å²) in [6, 6.07) is 23.8. The number of thiophene rings is 1. The number of fused-ring (bicyclic) bond motifs is 2. The molecule has 1 heteroatoms. The first kappa shape index (κ1) is 12.4. The lowest BCUT2D eigenvalue weighted by atomic mass is 9.99. The highest BCUT2D eigenvalue weighted by Crippen LogP contribution is 2.27. The van der Waals surface area contributed by atoms with Crippen molar-refractivity contribution in [2.45, 2.75) is 0 Å². The van der Waals surface area contributed by atoms with E-state index in [-0.39, 0.29) is 0 Å². The van der Waals surface area contributed by atoms with Crippen LogP contribution in [0.25, 0.3) is 33.7 Å². The van der Waals surface area contributed by atoms with Gasteiger partial charge in [-0.3, -0.25) is 0 Å². The Labute approximate surface area is 128 Å². The van der Waals surface area contributed by atoms with Crippen molar-refractivity contribution in [3.05, 3.63) is 82.6 Å². The first-order valence-electron chi connectivity index (χ1n) is 7.03. The third-order valence-corrected chi connectivity index (χ3v) is 4.59.